The first kappa shape index (κ1) is 26.5. The minimum atomic E-state index is 0.0261. The Morgan fingerprint density at radius 3 is 2.76 bits per heavy atom. The highest BCUT2D eigenvalue weighted by Crippen LogP contribution is 2.39. The highest BCUT2D eigenvalue weighted by molar-refractivity contribution is 6.36. The number of amides is 1. The molecule has 0 N–H and O–H groups in total. The number of anilines is 2. The molecule has 0 saturated carbocycles. The first-order valence-electron chi connectivity index (χ1n) is 14.8. The van der Waals surface area contributed by atoms with Gasteiger partial charge in [-0.3, -0.25) is 4.79 Å². The summed E-state index contributed by atoms with van der Waals surface area (Å²) in [5, 5.41) is 2.98. The first-order chi connectivity index (χ1) is 20.0. The summed E-state index contributed by atoms with van der Waals surface area (Å²) in [7, 11) is 2.16. The molecule has 9 heteroatoms. The molecular weight excluding hydrogens is 536 g/mol. The number of carbonyl (C=O) groups is 1. The molecule has 5 heterocycles. The monoisotopic (exact) mass is 572 g/mol. The summed E-state index contributed by atoms with van der Waals surface area (Å²) < 4.78 is 6.32. The third-order valence-electron chi connectivity index (χ3n) is 9.58. The predicted octanol–water partition coefficient (Wildman–Crippen LogP) is 4.54. The van der Waals surface area contributed by atoms with Crippen molar-refractivity contribution < 1.29 is 9.53 Å². The van der Waals surface area contributed by atoms with Gasteiger partial charge in [-0.15, -0.1) is 0 Å². The van der Waals surface area contributed by atoms with E-state index in [1.165, 1.54) is 18.1 Å². The van der Waals surface area contributed by atoms with Gasteiger partial charge in [0.25, 0.3) is 0 Å². The summed E-state index contributed by atoms with van der Waals surface area (Å²) in [6, 6.07) is 13.5. The van der Waals surface area contributed by atoms with Crippen LogP contribution in [0, 0.1) is 5.92 Å². The molecule has 4 aliphatic heterocycles. The van der Waals surface area contributed by atoms with E-state index in [-0.39, 0.29) is 11.9 Å². The number of halogens is 1. The molecule has 1 amide bonds. The number of aromatic nitrogens is 2. The number of likely N-dealkylation sites (tertiary alicyclic amines) is 2. The SMILES string of the molecule is C=CC(=O)N1CC[C@@H]2CN(c3nc(OC[C@@H]4CCCN4C)nc4c3CCN(c3cccc5cccc(Cl)c35)C4)C[C@@H]21. The molecule has 3 saturated heterocycles. The number of rotatable bonds is 6. The van der Waals surface area contributed by atoms with Gasteiger partial charge in [0.1, 0.15) is 12.4 Å². The Morgan fingerprint density at radius 2 is 1.95 bits per heavy atom. The lowest BCUT2D eigenvalue weighted by Gasteiger charge is -2.34. The fourth-order valence-corrected chi connectivity index (χ4v) is 7.62. The van der Waals surface area contributed by atoms with Crippen LogP contribution in [0.4, 0.5) is 11.5 Å². The maximum absolute atomic E-state index is 12.5. The van der Waals surface area contributed by atoms with Crippen LogP contribution in [-0.2, 0) is 17.8 Å². The van der Waals surface area contributed by atoms with Crippen molar-refractivity contribution in [2.24, 2.45) is 5.92 Å². The number of carbonyl (C=O) groups excluding carboxylic acids is 1. The lowest BCUT2D eigenvalue weighted by Crippen LogP contribution is -2.39. The zero-order valence-electron chi connectivity index (χ0n) is 23.6. The molecule has 3 fully saturated rings. The smallest absolute Gasteiger partial charge is 0.318 e. The van der Waals surface area contributed by atoms with Crippen molar-refractivity contribution in [1.29, 1.82) is 0 Å². The Balaban J connectivity index is 1.22. The molecule has 1 aromatic heterocycles. The number of hydrogen-bond donors (Lipinski definition) is 0. The molecule has 214 valence electrons. The van der Waals surface area contributed by atoms with Crippen molar-refractivity contribution in [2.45, 2.75) is 44.3 Å². The van der Waals surface area contributed by atoms with Gasteiger partial charge < -0.3 is 24.3 Å². The van der Waals surface area contributed by atoms with E-state index in [0.29, 0.717) is 31.1 Å². The third-order valence-corrected chi connectivity index (χ3v) is 9.89. The van der Waals surface area contributed by atoms with Gasteiger partial charge in [-0.25, -0.2) is 0 Å². The fraction of sp³-hybridized carbons (Fsp3) is 0.469. The summed E-state index contributed by atoms with van der Waals surface area (Å²) in [4.78, 5) is 31.7. The van der Waals surface area contributed by atoms with E-state index in [4.69, 9.17) is 26.3 Å². The maximum atomic E-state index is 12.5. The van der Waals surface area contributed by atoms with E-state index in [2.05, 4.69) is 52.6 Å². The van der Waals surface area contributed by atoms with Crippen LogP contribution in [0.15, 0.2) is 49.1 Å². The average molecular weight is 573 g/mol. The van der Waals surface area contributed by atoms with Crippen LogP contribution in [-0.4, -0.2) is 84.1 Å². The van der Waals surface area contributed by atoms with Gasteiger partial charge in [0.15, 0.2) is 0 Å². The van der Waals surface area contributed by atoms with Crippen molar-refractivity contribution in [3.8, 4) is 6.01 Å². The molecule has 0 unspecified atom stereocenters. The van der Waals surface area contributed by atoms with Crippen molar-refractivity contribution in [3.05, 3.63) is 65.3 Å². The van der Waals surface area contributed by atoms with Crippen molar-refractivity contribution in [1.82, 2.24) is 19.8 Å². The second kappa shape index (κ2) is 10.8. The number of nitrogens with zero attached hydrogens (tertiary/aromatic N) is 6. The van der Waals surface area contributed by atoms with E-state index in [1.807, 2.05) is 17.0 Å². The maximum Gasteiger partial charge on any atom is 0.318 e. The molecule has 7 rings (SSSR count). The molecule has 0 radical (unpaired) electrons. The molecular formula is C32H37ClN6O2. The molecule has 4 aliphatic rings. The fourth-order valence-electron chi connectivity index (χ4n) is 7.35. The van der Waals surface area contributed by atoms with Crippen molar-refractivity contribution in [3.63, 3.8) is 0 Å². The van der Waals surface area contributed by atoms with Gasteiger partial charge >= 0.3 is 6.01 Å². The Labute approximate surface area is 246 Å². The van der Waals surface area contributed by atoms with Crippen LogP contribution in [0.3, 0.4) is 0 Å². The zero-order chi connectivity index (χ0) is 28.1. The van der Waals surface area contributed by atoms with Crippen LogP contribution >= 0.6 is 11.6 Å². The average Bonchev–Trinajstić information content (AvgIpc) is 3.71. The quantitative estimate of drug-likeness (QED) is 0.402. The summed E-state index contributed by atoms with van der Waals surface area (Å²) in [6.07, 6.45) is 5.61. The summed E-state index contributed by atoms with van der Waals surface area (Å²) in [5.41, 5.74) is 3.33. The minimum absolute atomic E-state index is 0.0261. The van der Waals surface area contributed by atoms with Crippen LogP contribution in [0.25, 0.3) is 10.8 Å². The lowest BCUT2D eigenvalue weighted by atomic mass is 10.0. The first-order valence-corrected chi connectivity index (χ1v) is 15.2. The third kappa shape index (κ3) is 4.81. The number of likely N-dealkylation sites (N-methyl/N-ethyl adjacent to an activating group) is 1. The van der Waals surface area contributed by atoms with Crippen LogP contribution in [0.1, 0.15) is 30.5 Å². The van der Waals surface area contributed by atoms with Crippen LogP contribution in [0.5, 0.6) is 6.01 Å². The largest absolute Gasteiger partial charge is 0.462 e. The zero-order valence-corrected chi connectivity index (χ0v) is 24.4. The molecule has 2 aromatic carbocycles. The van der Waals surface area contributed by atoms with Crippen molar-refractivity contribution >= 4 is 39.8 Å². The van der Waals surface area contributed by atoms with Gasteiger partial charge in [-0.2, -0.15) is 9.97 Å². The number of ether oxygens (including phenoxy) is 1. The molecule has 3 atom stereocenters. The number of fused-ring (bicyclic) bond motifs is 3. The minimum Gasteiger partial charge on any atom is -0.462 e. The Hall–Kier alpha value is -3.36. The normalized spacial score (nSPS) is 24.1. The molecule has 8 nitrogen and oxygen atoms in total. The van der Waals surface area contributed by atoms with Gasteiger partial charge in [0.05, 0.1) is 23.3 Å². The Morgan fingerprint density at radius 1 is 1.10 bits per heavy atom. The van der Waals surface area contributed by atoms with E-state index in [1.54, 1.807) is 0 Å². The van der Waals surface area contributed by atoms with Gasteiger partial charge in [-0.05, 0) is 62.9 Å². The topological polar surface area (TPSA) is 65.0 Å². The lowest BCUT2D eigenvalue weighted by molar-refractivity contribution is -0.126. The van der Waals surface area contributed by atoms with Gasteiger partial charge in [-0.1, -0.05) is 42.4 Å². The molecule has 0 bridgehead atoms. The van der Waals surface area contributed by atoms with Crippen LogP contribution < -0.4 is 14.5 Å². The highest BCUT2D eigenvalue weighted by atomic mass is 35.5. The predicted molar refractivity (Wildman–Crippen MR) is 163 cm³/mol. The molecule has 3 aromatic rings. The number of hydrogen-bond acceptors (Lipinski definition) is 7. The summed E-state index contributed by atoms with van der Waals surface area (Å²) in [5.74, 6) is 1.44. The van der Waals surface area contributed by atoms with E-state index in [0.717, 1.165) is 85.0 Å². The molecule has 0 spiro atoms. The van der Waals surface area contributed by atoms with Gasteiger partial charge in [0.2, 0.25) is 5.91 Å². The molecule has 0 aliphatic carbocycles. The van der Waals surface area contributed by atoms with Crippen molar-refractivity contribution in [2.75, 3.05) is 56.2 Å². The molecule has 41 heavy (non-hydrogen) atoms. The van der Waals surface area contributed by atoms with E-state index >= 15 is 0 Å². The van der Waals surface area contributed by atoms with E-state index < -0.39 is 0 Å². The Kier molecular flexibility index (Phi) is 6.99. The van der Waals surface area contributed by atoms with Crippen LogP contribution in [0.2, 0.25) is 5.02 Å². The highest BCUT2D eigenvalue weighted by Gasteiger charge is 2.44. The second-order valence-corrected chi connectivity index (χ2v) is 12.3. The summed E-state index contributed by atoms with van der Waals surface area (Å²) >= 11 is 6.71. The summed E-state index contributed by atoms with van der Waals surface area (Å²) in [6.45, 7) is 9.40. The number of benzene rings is 2. The van der Waals surface area contributed by atoms with E-state index in [9.17, 15) is 4.79 Å². The Bertz CT molecular complexity index is 1490. The standard InChI is InChI=1S/C32H37ClN6O2/c1-3-29(40)39-16-12-22-17-38(19-28(22)39)31-24-13-15-37(27-11-5-8-21-7-4-10-25(33)30(21)27)18-26(24)34-32(35-31)41-20-23-9-6-14-36(23)2/h3-5,7-8,10-11,22-23,28H,1,6,9,12-20H2,2H3/t22-,23+,28+/m1/s1. The second-order valence-electron chi connectivity index (χ2n) is 11.9. The van der Waals surface area contributed by atoms with Gasteiger partial charge in [0, 0.05) is 54.8 Å².